The molecule has 0 heterocycles. The molecule has 0 unspecified atom stereocenters. The lowest BCUT2D eigenvalue weighted by atomic mass is 9.40. The predicted molar refractivity (Wildman–Crippen MR) is 79.6 cm³/mol. The number of allylic oxidation sites excluding steroid dienone is 2. The van der Waals surface area contributed by atoms with E-state index in [4.69, 9.17) is 4.74 Å². The van der Waals surface area contributed by atoms with Gasteiger partial charge >= 0.3 is 0 Å². The van der Waals surface area contributed by atoms with Crippen LogP contribution in [0, 0.1) is 23.2 Å². The van der Waals surface area contributed by atoms with E-state index in [0.717, 1.165) is 24.8 Å². The Balaban J connectivity index is 1.88. The Labute approximate surface area is 126 Å². The van der Waals surface area contributed by atoms with Crippen LogP contribution in [0.15, 0.2) is 23.8 Å². The maximum absolute atomic E-state index is 12.1. The molecule has 3 fully saturated rings. The molecule has 0 spiro atoms. The summed E-state index contributed by atoms with van der Waals surface area (Å²) in [4.78, 5) is 12.1. The lowest BCUT2D eigenvalue weighted by molar-refractivity contribution is -0.220. The quantitative estimate of drug-likeness (QED) is 0.755. The molecule has 5 rings (SSSR count). The zero-order valence-corrected chi connectivity index (χ0v) is 13.1. The second-order valence-corrected chi connectivity index (χ2v) is 8.00. The van der Waals surface area contributed by atoms with E-state index in [9.17, 15) is 9.90 Å². The molecular formula is C18H24O3. The van der Waals surface area contributed by atoms with Gasteiger partial charge in [-0.05, 0) is 48.5 Å². The Morgan fingerprint density at radius 2 is 2.05 bits per heavy atom. The molecule has 3 saturated carbocycles. The average Bonchev–Trinajstić information content (AvgIpc) is 2.72. The Hall–Kier alpha value is -0.930. The molecule has 0 radical (unpaired) electrons. The van der Waals surface area contributed by atoms with Crippen LogP contribution in [0.25, 0.3) is 0 Å². The molecular weight excluding hydrogens is 264 g/mol. The summed E-state index contributed by atoms with van der Waals surface area (Å²) in [6.45, 7) is 4.54. The number of carbonyl (C=O) groups is 1. The Bertz CT molecular complexity index is 573. The highest BCUT2D eigenvalue weighted by atomic mass is 16.5. The van der Waals surface area contributed by atoms with Gasteiger partial charge in [-0.2, -0.15) is 0 Å². The number of hydrogen-bond donors (Lipinski definition) is 1. The van der Waals surface area contributed by atoms with Crippen LogP contribution in [0.2, 0.25) is 0 Å². The first-order valence-corrected chi connectivity index (χ1v) is 8.05. The summed E-state index contributed by atoms with van der Waals surface area (Å²) in [6.07, 6.45) is 9.17. The standard InChI is InChI=1S/C18H24O3/c1-16(2)12-7-11-5-4-6-17(21-3)10-13(19)9-15(17)18(11,20)14(16)8-12/h4,6,9,11-12,14,20H,5,7-8,10H2,1-3H3/t11-,12-,14+,17-,18+/m0/s1. The monoisotopic (exact) mass is 288 g/mol. The summed E-state index contributed by atoms with van der Waals surface area (Å²) >= 11 is 0. The third-order valence-electron chi connectivity index (χ3n) is 6.99. The SMILES string of the molecule is CO[C@]12C=CC[C@H]3C[C@H]4C[C@H](C4(C)C)[C@@]3(O)C1=CC(=O)C2. The van der Waals surface area contributed by atoms with Crippen molar-refractivity contribution in [2.24, 2.45) is 23.2 Å². The number of hydrogen-bond acceptors (Lipinski definition) is 3. The first-order chi connectivity index (χ1) is 9.84. The molecule has 5 atom stereocenters. The number of ether oxygens (including phenoxy) is 1. The zero-order chi connectivity index (χ0) is 15.0. The van der Waals surface area contributed by atoms with E-state index in [0.29, 0.717) is 12.3 Å². The van der Waals surface area contributed by atoms with Crippen molar-refractivity contribution in [2.75, 3.05) is 7.11 Å². The van der Waals surface area contributed by atoms with Gasteiger partial charge in [0.05, 0.1) is 5.60 Å². The maximum Gasteiger partial charge on any atom is 0.159 e. The molecule has 2 bridgehead atoms. The molecule has 5 aliphatic rings. The summed E-state index contributed by atoms with van der Waals surface area (Å²) < 4.78 is 5.77. The molecule has 0 aromatic carbocycles. The molecule has 0 aliphatic heterocycles. The van der Waals surface area contributed by atoms with E-state index in [1.165, 1.54) is 0 Å². The summed E-state index contributed by atoms with van der Waals surface area (Å²) in [6, 6.07) is 0. The predicted octanol–water partition coefficient (Wildman–Crippen LogP) is 2.64. The van der Waals surface area contributed by atoms with Gasteiger partial charge in [0.2, 0.25) is 0 Å². The van der Waals surface area contributed by atoms with E-state index >= 15 is 0 Å². The molecule has 0 amide bonds. The lowest BCUT2D eigenvalue weighted by Crippen LogP contribution is -2.67. The van der Waals surface area contributed by atoms with Crippen molar-refractivity contribution in [1.29, 1.82) is 0 Å². The van der Waals surface area contributed by atoms with Crippen LogP contribution in [0.3, 0.4) is 0 Å². The fourth-order valence-corrected chi connectivity index (χ4v) is 5.62. The van der Waals surface area contributed by atoms with Crippen molar-refractivity contribution in [2.45, 2.75) is 50.7 Å². The van der Waals surface area contributed by atoms with Crippen molar-refractivity contribution in [3.63, 3.8) is 0 Å². The van der Waals surface area contributed by atoms with Crippen LogP contribution in [-0.2, 0) is 9.53 Å². The molecule has 1 N–H and O–H groups in total. The van der Waals surface area contributed by atoms with Crippen LogP contribution in [0.4, 0.5) is 0 Å². The smallest absolute Gasteiger partial charge is 0.159 e. The van der Waals surface area contributed by atoms with Crippen molar-refractivity contribution >= 4 is 5.78 Å². The fraction of sp³-hybridized carbons (Fsp3) is 0.722. The number of aliphatic hydroxyl groups is 1. The van der Waals surface area contributed by atoms with E-state index in [1.54, 1.807) is 13.2 Å². The van der Waals surface area contributed by atoms with Crippen molar-refractivity contribution < 1.29 is 14.6 Å². The van der Waals surface area contributed by atoms with Gasteiger partial charge < -0.3 is 9.84 Å². The first-order valence-electron chi connectivity index (χ1n) is 8.05. The molecule has 5 aliphatic carbocycles. The van der Waals surface area contributed by atoms with Crippen LogP contribution in [-0.4, -0.2) is 29.2 Å². The van der Waals surface area contributed by atoms with Crippen molar-refractivity contribution in [3.8, 4) is 0 Å². The highest BCUT2D eigenvalue weighted by molar-refractivity contribution is 5.96. The summed E-state index contributed by atoms with van der Waals surface area (Å²) in [5.41, 5.74) is -0.609. The van der Waals surface area contributed by atoms with Crippen LogP contribution >= 0.6 is 0 Å². The van der Waals surface area contributed by atoms with Gasteiger partial charge in [0.25, 0.3) is 0 Å². The van der Waals surface area contributed by atoms with Crippen molar-refractivity contribution in [1.82, 2.24) is 0 Å². The minimum atomic E-state index is -0.885. The van der Waals surface area contributed by atoms with Gasteiger partial charge in [0.15, 0.2) is 5.78 Å². The fourth-order valence-electron chi connectivity index (χ4n) is 5.62. The summed E-state index contributed by atoms with van der Waals surface area (Å²) in [5.74, 6) is 1.23. The number of rotatable bonds is 1. The first kappa shape index (κ1) is 13.7. The van der Waals surface area contributed by atoms with E-state index in [2.05, 4.69) is 19.9 Å². The van der Waals surface area contributed by atoms with E-state index in [1.807, 2.05) is 6.08 Å². The third kappa shape index (κ3) is 1.44. The maximum atomic E-state index is 12.1. The largest absolute Gasteiger partial charge is 0.385 e. The van der Waals surface area contributed by atoms with Gasteiger partial charge in [-0.1, -0.05) is 26.0 Å². The topological polar surface area (TPSA) is 46.5 Å². The average molecular weight is 288 g/mol. The van der Waals surface area contributed by atoms with Crippen LogP contribution in [0.1, 0.15) is 39.5 Å². The second kappa shape index (κ2) is 3.88. The minimum Gasteiger partial charge on any atom is -0.385 e. The molecule has 0 saturated heterocycles. The molecule has 3 nitrogen and oxygen atoms in total. The van der Waals surface area contributed by atoms with E-state index in [-0.39, 0.29) is 23.0 Å². The molecule has 0 aromatic rings. The van der Waals surface area contributed by atoms with Gasteiger partial charge in [0, 0.05) is 19.1 Å². The normalized spacial score (nSPS) is 49.8. The van der Waals surface area contributed by atoms with Gasteiger partial charge in [-0.3, -0.25) is 4.79 Å². The minimum absolute atomic E-state index is 0.0739. The van der Waals surface area contributed by atoms with Crippen molar-refractivity contribution in [3.05, 3.63) is 23.8 Å². The lowest BCUT2D eigenvalue weighted by Gasteiger charge is -2.67. The highest BCUT2D eigenvalue weighted by Crippen LogP contribution is 2.68. The van der Waals surface area contributed by atoms with Gasteiger partial charge in [-0.15, -0.1) is 0 Å². The van der Waals surface area contributed by atoms with E-state index < -0.39 is 11.2 Å². The molecule has 21 heavy (non-hydrogen) atoms. The zero-order valence-electron chi connectivity index (χ0n) is 13.1. The van der Waals surface area contributed by atoms with Crippen LogP contribution < -0.4 is 0 Å². The van der Waals surface area contributed by atoms with Gasteiger partial charge in [0.1, 0.15) is 5.60 Å². The summed E-state index contributed by atoms with van der Waals surface area (Å²) in [7, 11) is 1.65. The number of ketones is 1. The molecule has 0 aromatic heterocycles. The third-order valence-corrected chi connectivity index (χ3v) is 6.99. The Morgan fingerprint density at radius 1 is 1.29 bits per heavy atom. The molecule has 3 heteroatoms. The summed E-state index contributed by atoms with van der Waals surface area (Å²) in [5, 5.41) is 11.8. The highest BCUT2D eigenvalue weighted by Gasteiger charge is 2.68. The Morgan fingerprint density at radius 3 is 2.71 bits per heavy atom. The van der Waals surface area contributed by atoms with Crippen LogP contribution in [0.5, 0.6) is 0 Å². The molecule has 114 valence electrons. The Kier molecular flexibility index (Phi) is 2.53. The van der Waals surface area contributed by atoms with Gasteiger partial charge in [-0.25, -0.2) is 0 Å². The number of methoxy groups -OCH3 is 1. The second-order valence-electron chi connectivity index (χ2n) is 8.00. The number of carbonyl (C=O) groups excluding carboxylic acids is 1. The number of fused-ring (bicyclic) bond motifs is 1.